The second-order valence-corrected chi connectivity index (χ2v) is 8.54. The summed E-state index contributed by atoms with van der Waals surface area (Å²) < 4.78 is 1.83. The van der Waals surface area contributed by atoms with Gasteiger partial charge in [-0.3, -0.25) is 0 Å². The number of anilines is 1. The van der Waals surface area contributed by atoms with Crippen molar-refractivity contribution >= 4 is 34.3 Å². The van der Waals surface area contributed by atoms with Crippen LogP contribution >= 0.6 is 12.2 Å². The van der Waals surface area contributed by atoms with Crippen LogP contribution in [0.3, 0.4) is 0 Å². The standard InChI is InChI=1S/C25H26N2OS/c1-18-8-14-21(15-9-18)26-24(29)22(27-16-6-5-7-17-27)23(28)19-10-12-20(13-11-19)25(2,3)4/h5-17H,1-4H3,(H-,26,28,29)/p+1. The van der Waals surface area contributed by atoms with Crippen molar-refractivity contribution in [1.29, 1.82) is 0 Å². The Bertz CT molecular complexity index is 1020. The van der Waals surface area contributed by atoms with E-state index in [0.29, 0.717) is 10.7 Å². The molecule has 0 fully saturated rings. The van der Waals surface area contributed by atoms with Crippen LogP contribution in [0.5, 0.6) is 0 Å². The number of aliphatic hydroxyl groups is 1. The summed E-state index contributed by atoms with van der Waals surface area (Å²) >= 11 is 5.68. The maximum Gasteiger partial charge on any atom is 0.288 e. The third-order valence-corrected chi connectivity index (χ3v) is 5.04. The Kier molecular flexibility index (Phi) is 6.14. The smallest absolute Gasteiger partial charge is 0.288 e. The van der Waals surface area contributed by atoms with Gasteiger partial charge in [0.15, 0.2) is 23.1 Å². The number of pyridine rings is 1. The van der Waals surface area contributed by atoms with E-state index >= 15 is 0 Å². The van der Waals surface area contributed by atoms with Crippen LogP contribution in [0.2, 0.25) is 0 Å². The molecule has 0 spiro atoms. The van der Waals surface area contributed by atoms with Crippen LogP contribution in [0.4, 0.5) is 5.69 Å². The molecule has 0 saturated carbocycles. The van der Waals surface area contributed by atoms with Gasteiger partial charge in [-0.2, -0.15) is 4.57 Å². The summed E-state index contributed by atoms with van der Waals surface area (Å²) in [6.07, 6.45) is 3.75. The molecule has 0 aliphatic heterocycles. The zero-order valence-electron chi connectivity index (χ0n) is 17.3. The minimum absolute atomic E-state index is 0.0527. The first-order valence-corrected chi connectivity index (χ1v) is 10.1. The van der Waals surface area contributed by atoms with Crippen molar-refractivity contribution in [3.63, 3.8) is 0 Å². The second-order valence-electron chi connectivity index (χ2n) is 8.13. The van der Waals surface area contributed by atoms with E-state index in [0.717, 1.165) is 11.3 Å². The van der Waals surface area contributed by atoms with Gasteiger partial charge in [-0.1, -0.05) is 81.0 Å². The molecule has 1 aromatic heterocycles. The van der Waals surface area contributed by atoms with Crippen molar-refractivity contribution in [3.8, 4) is 0 Å². The van der Waals surface area contributed by atoms with Gasteiger partial charge in [0.25, 0.3) is 5.70 Å². The molecule has 0 aliphatic carbocycles. The highest BCUT2D eigenvalue weighted by Gasteiger charge is 2.24. The second kappa shape index (κ2) is 8.58. The third-order valence-electron chi connectivity index (χ3n) is 4.75. The number of hydrogen-bond acceptors (Lipinski definition) is 2. The van der Waals surface area contributed by atoms with Gasteiger partial charge in [-0.25, -0.2) is 0 Å². The number of rotatable bonds is 4. The van der Waals surface area contributed by atoms with E-state index in [2.05, 4.69) is 38.2 Å². The van der Waals surface area contributed by atoms with E-state index in [1.807, 2.05) is 78.5 Å². The fraction of sp³-hybridized carbons (Fsp3) is 0.200. The van der Waals surface area contributed by atoms with E-state index in [1.165, 1.54) is 11.1 Å². The van der Waals surface area contributed by atoms with Crippen molar-refractivity contribution in [1.82, 2.24) is 0 Å². The molecule has 0 radical (unpaired) electrons. The lowest BCUT2D eigenvalue weighted by molar-refractivity contribution is -0.575. The van der Waals surface area contributed by atoms with Crippen molar-refractivity contribution < 1.29 is 9.67 Å². The minimum Gasteiger partial charge on any atom is -0.502 e. The van der Waals surface area contributed by atoms with Gasteiger partial charge in [0, 0.05) is 23.4 Å². The summed E-state index contributed by atoms with van der Waals surface area (Å²) in [6.45, 7) is 8.55. The number of aryl methyl sites for hydroxylation is 1. The topological polar surface area (TPSA) is 36.1 Å². The van der Waals surface area contributed by atoms with Crippen LogP contribution in [0.1, 0.15) is 37.5 Å². The van der Waals surface area contributed by atoms with E-state index in [9.17, 15) is 5.11 Å². The number of hydrogen-bond donors (Lipinski definition) is 2. The summed E-state index contributed by atoms with van der Waals surface area (Å²) in [4.78, 5) is 0.447. The lowest BCUT2D eigenvalue weighted by Crippen LogP contribution is -2.38. The quantitative estimate of drug-likeness (QED) is 0.246. The van der Waals surface area contributed by atoms with Crippen molar-refractivity contribution in [3.05, 3.63) is 95.8 Å². The first-order valence-electron chi connectivity index (χ1n) is 9.64. The predicted molar refractivity (Wildman–Crippen MR) is 125 cm³/mol. The van der Waals surface area contributed by atoms with Crippen molar-refractivity contribution in [2.75, 3.05) is 5.32 Å². The third kappa shape index (κ3) is 5.09. The van der Waals surface area contributed by atoms with Crippen LogP contribution in [-0.4, -0.2) is 10.1 Å². The van der Waals surface area contributed by atoms with Gasteiger partial charge in [0.05, 0.1) is 0 Å². The molecule has 1 heterocycles. The molecule has 0 bridgehead atoms. The largest absolute Gasteiger partial charge is 0.502 e. The normalized spacial score (nSPS) is 12.3. The number of nitrogens with zero attached hydrogens (tertiary/aromatic N) is 1. The maximum absolute atomic E-state index is 11.2. The fourth-order valence-corrected chi connectivity index (χ4v) is 3.31. The summed E-state index contributed by atoms with van der Waals surface area (Å²) in [5, 5.41) is 14.4. The molecular weight excluding hydrogens is 376 g/mol. The first-order chi connectivity index (χ1) is 13.8. The lowest BCUT2D eigenvalue weighted by atomic mass is 9.86. The molecule has 0 atom stereocenters. The highest BCUT2D eigenvalue weighted by Crippen LogP contribution is 2.25. The molecule has 148 valence electrons. The van der Waals surface area contributed by atoms with Gasteiger partial charge in [0.2, 0.25) is 0 Å². The van der Waals surface area contributed by atoms with Crippen LogP contribution in [0, 0.1) is 6.92 Å². The van der Waals surface area contributed by atoms with E-state index < -0.39 is 0 Å². The average molecular weight is 404 g/mol. The van der Waals surface area contributed by atoms with Crippen molar-refractivity contribution in [2.45, 2.75) is 33.1 Å². The predicted octanol–water partition coefficient (Wildman–Crippen LogP) is 5.90. The molecule has 0 saturated heterocycles. The van der Waals surface area contributed by atoms with Crippen LogP contribution in [0.15, 0.2) is 79.1 Å². The number of aliphatic hydroxyl groups excluding tert-OH is 1. The Labute approximate surface area is 178 Å². The number of aromatic nitrogens is 1. The number of benzene rings is 2. The lowest BCUT2D eigenvalue weighted by Gasteiger charge is -2.19. The number of thiocarbonyl (C=S) groups is 1. The maximum atomic E-state index is 11.2. The van der Waals surface area contributed by atoms with Crippen molar-refractivity contribution in [2.24, 2.45) is 0 Å². The molecule has 2 N–H and O–H groups in total. The van der Waals surface area contributed by atoms with Gasteiger partial charge < -0.3 is 10.4 Å². The van der Waals surface area contributed by atoms with Gasteiger partial charge in [-0.15, -0.1) is 0 Å². The zero-order chi connectivity index (χ0) is 21.0. The summed E-state index contributed by atoms with van der Waals surface area (Å²) in [5.41, 5.74) is 4.57. The molecule has 0 aliphatic rings. The van der Waals surface area contributed by atoms with Crippen LogP contribution in [0.25, 0.3) is 11.5 Å². The minimum atomic E-state index is 0.0527. The fourth-order valence-electron chi connectivity index (χ4n) is 2.99. The molecular formula is C25H27N2OS+. The monoisotopic (exact) mass is 403 g/mol. The molecule has 0 amide bonds. The van der Waals surface area contributed by atoms with Gasteiger partial charge in [-0.05, 0) is 30.0 Å². The van der Waals surface area contributed by atoms with E-state index in [1.54, 1.807) is 0 Å². The molecule has 2 aromatic carbocycles. The number of nitrogens with one attached hydrogen (secondary N) is 1. The summed E-state index contributed by atoms with van der Waals surface area (Å²) in [7, 11) is 0. The van der Waals surface area contributed by atoms with Crippen LogP contribution < -0.4 is 9.88 Å². The summed E-state index contributed by atoms with van der Waals surface area (Å²) in [5.74, 6) is 0.131. The first kappa shape index (κ1) is 20.7. The zero-order valence-corrected chi connectivity index (χ0v) is 18.1. The molecule has 0 unspecified atom stereocenters. The van der Waals surface area contributed by atoms with Gasteiger partial charge >= 0.3 is 0 Å². The SMILES string of the molecule is Cc1ccc(NC(=S)/C(=C(\O)c2ccc(C(C)(C)C)cc2)[n+]2ccccc2)cc1. The molecule has 3 rings (SSSR count). The molecule has 4 heteroatoms. The highest BCUT2D eigenvalue weighted by molar-refractivity contribution is 7.81. The molecule has 3 aromatic rings. The van der Waals surface area contributed by atoms with E-state index in [-0.39, 0.29) is 11.2 Å². The summed E-state index contributed by atoms with van der Waals surface area (Å²) in [6, 6.07) is 21.7. The Morgan fingerprint density at radius 3 is 2.03 bits per heavy atom. The Morgan fingerprint density at radius 2 is 1.48 bits per heavy atom. The Hall–Kier alpha value is -2.98. The highest BCUT2D eigenvalue weighted by atomic mass is 32.1. The molecule has 3 nitrogen and oxygen atoms in total. The van der Waals surface area contributed by atoms with E-state index in [4.69, 9.17) is 12.2 Å². The Balaban J connectivity index is 2.02. The average Bonchev–Trinajstić information content (AvgIpc) is 2.70. The Morgan fingerprint density at radius 1 is 0.897 bits per heavy atom. The van der Waals surface area contributed by atoms with Crippen LogP contribution in [-0.2, 0) is 5.41 Å². The molecule has 29 heavy (non-hydrogen) atoms. The van der Waals surface area contributed by atoms with Gasteiger partial charge in [0.1, 0.15) is 0 Å².